The Morgan fingerprint density at radius 3 is 2.53 bits per heavy atom. The second-order valence-corrected chi connectivity index (χ2v) is 3.61. The second-order valence-electron chi connectivity index (χ2n) is 3.61. The number of nitrogens with two attached hydrogens (primary N) is 1. The van der Waals surface area contributed by atoms with Gasteiger partial charge in [-0.1, -0.05) is 6.07 Å². The number of hydrogen-bond donors (Lipinski definition) is 1. The number of ether oxygens (including phenoxy) is 2. The first kappa shape index (κ1) is 15.7. The van der Waals surface area contributed by atoms with E-state index in [1.165, 1.54) is 7.11 Å². The smallest absolute Gasteiger partial charge is 0.307 e. The molecule has 0 aromatic heterocycles. The predicted molar refractivity (Wildman–Crippen MR) is 68.5 cm³/mol. The maximum Gasteiger partial charge on any atom is 0.307 e. The number of halogens is 1. The summed E-state index contributed by atoms with van der Waals surface area (Å²) in [5, 5.41) is 0. The van der Waals surface area contributed by atoms with Gasteiger partial charge in [0, 0.05) is 6.04 Å². The summed E-state index contributed by atoms with van der Waals surface area (Å²) in [7, 11) is 2.97. The molecule has 0 aliphatic carbocycles. The maximum absolute atomic E-state index is 11.1. The number of aryl methyl sites for hydroxylation is 1. The van der Waals surface area contributed by atoms with Crippen LogP contribution in [0.15, 0.2) is 18.2 Å². The molecule has 0 unspecified atom stereocenters. The largest absolute Gasteiger partial charge is 0.497 e. The molecule has 0 fully saturated rings. The summed E-state index contributed by atoms with van der Waals surface area (Å²) < 4.78 is 9.68. The van der Waals surface area contributed by atoms with Crippen LogP contribution in [-0.4, -0.2) is 20.2 Å². The lowest BCUT2D eigenvalue weighted by Crippen LogP contribution is -2.17. The van der Waals surface area contributed by atoms with E-state index in [9.17, 15) is 4.79 Å². The molecule has 4 nitrogen and oxygen atoms in total. The lowest BCUT2D eigenvalue weighted by molar-refractivity contribution is -0.141. The van der Waals surface area contributed by atoms with Gasteiger partial charge in [-0.2, -0.15) is 0 Å². The molecule has 0 saturated carbocycles. The van der Waals surface area contributed by atoms with Gasteiger partial charge in [-0.15, -0.1) is 12.4 Å². The van der Waals surface area contributed by atoms with Crippen molar-refractivity contribution in [3.05, 3.63) is 29.3 Å². The standard InChI is InChI=1S/C12H17NO3.ClH/c1-8-6-9(15-2)4-5-10(8)11(13)7-12(14)16-3;/h4-6,11H,7,13H2,1-3H3;1H/t11-;/m1./s1. The van der Waals surface area contributed by atoms with Crippen molar-refractivity contribution in [2.75, 3.05) is 14.2 Å². The lowest BCUT2D eigenvalue weighted by Gasteiger charge is -2.14. The van der Waals surface area contributed by atoms with E-state index in [4.69, 9.17) is 10.5 Å². The van der Waals surface area contributed by atoms with E-state index in [1.54, 1.807) is 7.11 Å². The third kappa shape index (κ3) is 4.24. The van der Waals surface area contributed by atoms with Gasteiger partial charge in [-0.3, -0.25) is 4.79 Å². The highest BCUT2D eigenvalue weighted by atomic mass is 35.5. The molecule has 1 aromatic carbocycles. The van der Waals surface area contributed by atoms with Gasteiger partial charge in [0.1, 0.15) is 5.75 Å². The van der Waals surface area contributed by atoms with Crippen LogP contribution in [-0.2, 0) is 9.53 Å². The van der Waals surface area contributed by atoms with Crippen LogP contribution in [0.4, 0.5) is 0 Å². The first-order chi connectivity index (χ1) is 7.58. The Labute approximate surface area is 108 Å². The van der Waals surface area contributed by atoms with Gasteiger partial charge in [0.05, 0.1) is 20.6 Å². The quantitative estimate of drug-likeness (QED) is 0.840. The third-order valence-electron chi connectivity index (χ3n) is 2.49. The summed E-state index contributed by atoms with van der Waals surface area (Å²) in [6.07, 6.45) is 0.184. The number of esters is 1. The Morgan fingerprint density at radius 1 is 1.41 bits per heavy atom. The highest BCUT2D eigenvalue weighted by molar-refractivity contribution is 5.85. The van der Waals surface area contributed by atoms with Crippen LogP contribution in [0.2, 0.25) is 0 Å². The Morgan fingerprint density at radius 2 is 2.06 bits per heavy atom. The zero-order chi connectivity index (χ0) is 12.1. The Bertz CT molecular complexity index is 382. The molecule has 0 amide bonds. The van der Waals surface area contributed by atoms with Crippen LogP contribution in [0.3, 0.4) is 0 Å². The molecule has 5 heteroatoms. The molecule has 1 atom stereocenters. The molecule has 0 heterocycles. The van der Waals surface area contributed by atoms with Gasteiger partial charge >= 0.3 is 5.97 Å². The second kappa shape index (κ2) is 7.14. The van der Waals surface area contributed by atoms with Crippen LogP contribution in [0.1, 0.15) is 23.6 Å². The van der Waals surface area contributed by atoms with Gasteiger partial charge < -0.3 is 15.2 Å². The summed E-state index contributed by atoms with van der Waals surface area (Å²) in [4.78, 5) is 11.1. The first-order valence-electron chi connectivity index (χ1n) is 5.05. The third-order valence-corrected chi connectivity index (χ3v) is 2.49. The van der Waals surface area contributed by atoms with Gasteiger partial charge in [-0.25, -0.2) is 0 Å². The number of hydrogen-bond acceptors (Lipinski definition) is 4. The minimum absolute atomic E-state index is 0. The summed E-state index contributed by atoms with van der Waals surface area (Å²) in [6.45, 7) is 1.94. The molecule has 0 aliphatic rings. The summed E-state index contributed by atoms with van der Waals surface area (Å²) in [5.74, 6) is 0.481. The van der Waals surface area contributed by atoms with Gasteiger partial charge in [0.2, 0.25) is 0 Å². The normalized spacial score (nSPS) is 11.3. The van der Waals surface area contributed by atoms with E-state index < -0.39 is 0 Å². The Kier molecular flexibility index (Phi) is 6.61. The Balaban J connectivity index is 0.00000256. The molecule has 0 aliphatic heterocycles. The summed E-state index contributed by atoms with van der Waals surface area (Å²) in [5.41, 5.74) is 7.87. The molecular formula is C12H18ClNO3. The topological polar surface area (TPSA) is 61.5 Å². The molecule has 0 saturated heterocycles. The molecule has 17 heavy (non-hydrogen) atoms. The lowest BCUT2D eigenvalue weighted by atomic mass is 9.99. The fraction of sp³-hybridized carbons (Fsp3) is 0.417. The fourth-order valence-corrected chi connectivity index (χ4v) is 1.56. The first-order valence-corrected chi connectivity index (χ1v) is 5.05. The number of carbonyl (C=O) groups excluding carboxylic acids is 1. The molecule has 0 radical (unpaired) electrons. The van der Waals surface area contributed by atoms with Gasteiger partial charge in [0.15, 0.2) is 0 Å². The summed E-state index contributed by atoms with van der Waals surface area (Å²) in [6, 6.07) is 5.27. The molecule has 1 aromatic rings. The fourth-order valence-electron chi connectivity index (χ4n) is 1.56. The van der Waals surface area contributed by atoms with Crippen molar-refractivity contribution in [3.8, 4) is 5.75 Å². The SMILES string of the molecule is COC(=O)C[C@@H](N)c1ccc(OC)cc1C.Cl. The van der Waals surface area contributed by atoms with E-state index in [1.807, 2.05) is 25.1 Å². The average Bonchev–Trinajstić information content (AvgIpc) is 2.28. The van der Waals surface area contributed by atoms with Gasteiger partial charge in [0.25, 0.3) is 0 Å². The van der Waals surface area contributed by atoms with Crippen molar-refractivity contribution in [2.45, 2.75) is 19.4 Å². The molecule has 96 valence electrons. The molecule has 0 spiro atoms. The van der Waals surface area contributed by atoms with Crippen LogP contribution in [0.25, 0.3) is 0 Å². The monoisotopic (exact) mass is 259 g/mol. The molecule has 0 bridgehead atoms. The predicted octanol–water partition coefficient (Wildman–Crippen LogP) is 1.99. The zero-order valence-electron chi connectivity index (χ0n) is 10.2. The highest BCUT2D eigenvalue weighted by Crippen LogP contribution is 2.23. The van der Waals surface area contributed by atoms with Crippen LogP contribution >= 0.6 is 12.4 Å². The number of carbonyl (C=O) groups is 1. The number of methoxy groups -OCH3 is 2. The maximum atomic E-state index is 11.1. The average molecular weight is 260 g/mol. The van der Waals surface area contributed by atoms with Crippen molar-refractivity contribution in [1.29, 1.82) is 0 Å². The zero-order valence-corrected chi connectivity index (χ0v) is 11.0. The Hall–Kier alpha value is -1.26. The number of benzene rings is 1. The number of rotatable bonds is 4. The van der Waals surface area contributed by atoms with Crippen LogP contribution in [0.5, 0.6) is 5.75 Å². The van der Waals surface area contributed by atoms with E-state index in [0.29, 0.717) is 0 Å². The molecular weight excluding hydrogens is 242 g/mol. The van der Waals surface area contributed by atoms with E-state index in [0.717, 1.165) is 16.9 Å². The van der Waals surface area contributed by atoms with E-state index >= 15 is 0 Å². The van der Waals surface area contributed by atoms with Gasteiger partial charge in [-0.05, 0) is 30.2 Å². The molecule has 2 N–H and O–H groups in total. The highest BCUT2D eigenvalue weighted by Gasteiger charge is 2.14. The summed E-state index contributed by atoms with van der Waals surface area (Å²) >= 11 is 0. The van der Waals surface area contributed by atoms with Crippen LogP contribution in [0, 0.1) is 6.92 Å². The van der Waals surface area contributed by atoms with E-state index in [2.05, 4.69) is 4.74 Å². The van der Waals surface area contributed by atoms with E-state index in [-0.39, 0.29) is 30.8 Å². The van der Waals surface area contributed by atoms with Crippen molar-refractivity contribution >= 4 is 18.4 Å². The van der Waals surface area contributed by atoms with Crippen LogP contribution < -0.4 is 10.5 Å². The molecule has 1 rings (SSSR count). The van der Waals surface area contributed by atoms with Crippen molar-refractivity contribution in [2.24, 2.45) is 5.73 Å². The van der Waals surface area contributed by atoms with Crippen molar-refractivity contribution in [3.63, 3.8) is 0 Å². The van der Waals surface area contributed by atoms with Crippen molar-refractivity contribution in [1.82, 2.24) is 0 Å². The van der Waals surface area contributed by atoms with Crippen molar-refractivity contribution < 1.29 is 14.3 Å². The minimum Gasteiger partial charge on any atom is -0.497 e. The minimum atomic E-state index is -0.335.